The predicted molar refractivity (Wildman–Crippen MR) is 67.1 cm³/mol. The fraction of sp³-hybridized carbons (Fsp3) is 0.750. The molecule has 0 saturated heterocycles. The van der Waals surface area contributed by atoms with E-state index in [1.807, 2.05) is 0 Å². The van der Waals surface area contributed by atoms with Gasteiger partial charge >= 0.3 is 43.0 Å². The first-order valence-electron chi connectivity index (χ1n) is 4.23. The van der Waals surface area contributed by atoms with Crippen LogP contribution in [0.15, 0.2) is 0 Å². The Morgan fingerprint density at radius 1 is 1.00 bits per heavy atom. The number of thiol groups is 2. The Bertz CT molecular complexity index is 160. The van der Waals surface area contributed by atoms with Gasteiger partial charge in [-0.2, -0.15) is 25.3 Å². The van der Waals surface area contributed by atoms with Gasteiger partial charge in [-0.25, -0.2) is 0 Å². The van der Waals surface area contributed by atoms with Gasteiger partial charge in [0.1, 0.15) is 13.2 Å². The molecule has 0 fully saturated rings. The van der Waals surface area contributed by atoms with Crippen LogP contribution in [0.2, 0.25) is 9.88 Å². The van der Waals surface area contributed by atoms with E-state index in [0.717, 1.165) is 0 Å². The minimum absolute atomic E-state index is 0.0283. The van der Waals surface area contributed by atoms with Crippen LogP contribution in [0.25, 0.3) is 0 Å². The van der Waals surface area contributed by atoms with Crippen LogP contribution in [0.4, 0.5) is 0 Å². The van der Waals surface area contributed by atoms with Crippen molar-refractivity contribution in [2.75, 3.05) is 24.7 Å². The third-order valence-corrected chi connectivity index (χ3v) is 1.38. The van der Waals surface area contributed by atoms with Crippen LogP contribution >= 0.6 is 25.3 Å². The fourth-order valence-corrected chi connectivity index (χ4v) is 0.585. The van der Waals surface area contributed by atoms with Gasteiger partial charge in [0.15, 0.2) is 0 Å². The van der Waals surface area contributed by atoms with Gasteiger partial charge in [-0.1, -0.05) is 0 Å². The molecule has 7 heteroatoms. The first-order valence-corrected chi connectivity index (χ1v) is 11.2. The Hall–Kier alpha value is 0.439. The van der Waals surface area contributed by atoms with Crippen LogP contribution in [0.5, 0.6) is 0 Å². The van der Waals surface area contributed by atoms with Crippen molar-refractivity contribution in [2.24, 2.45) is 0 Å². The summed E-state index contributed by atoms with van der Waals surface area (Å²) in [5.74, 6) is -0.804. The summed E-state index contributed by atoms with van der Waals surface area (Å²) >= 11 is 7.59. The number of ether oxygens (including phenoxy) is 2. The summed E-state index contributed by atoms with van der Waals surface area (Å²) in [6.45, 7) is 0.137. The third kappa shape index (κ3) is 17.1. The Kier molecular flexibility index (Phi) is 17.2. The van der Waals surface area contributed by atoms with Gasteiger partial charge in [-0.15, -0.1) is 0 Å². The predicted octanol–water partition coefficient (Wildman–Crippen LogP) is 0.719. The third-order valence-electron chi connectivity index (χ3n) is 0.868. The summed E-state index contributed by atoms with van der Waals surface area (Å²) in [5, 5.41) is 0. The summed E-state index contributed by atoms with van der Waals surface area (Å²) in [6, 6.07) is 0. The van der Waals surface area contributed by atoms with E-state index >= 15 is 0 Å². The molecule has 0 aromatic rings. The molecule has 88 valence electrons. The molecule has 0 aliphatic carbocycles. The summed E-state index contributed by atoms with van der Waals surface area (Å²) in [5.41, 5.74) is 0. The van der Waals surface area contributed by atoms with Crippen molar-refractivity contribution < 1.29 is 19.1 Å². The molecule has 0 aromatic heterocycles. The normalized spacial score (nSPS) is 8.53. The Morgan fingerprint density at radius 3 is 1.47 bits per heavy atom. The molecule has 0 saturated carbocycles. The zero-order valence-corrected chi connectivity index (χ0v) is 13.5. The second-order valence-electron chi connectivity index (χ2n) is 2.26. The summed E-state index contributed by atoms with van der Waals surface area (Å²) in [6.07, 6.45) is 0. The van der Waals surface area contributed by atoms with Gasteiger partial charge < -0.3 is 9.47 Å². The van der Waals surface area contributed by atoms with Gasteiger partial charge in [0.25, 0.3) is 0 Å². The van der Waals surface area contributed by atoms with Crippen LogP contribution in [-0.4, -0.2) is 57.8 Å². The first kappa shape index (κ1) is 17.8. The van der Waals surface area contributed by atoms with Crippen LogP contribution in [0.1, 0.15) is 0 Å². The number of esters is 2. The monoisotopic (exact) mass is 360 g/mol. The number of carbonyl (C=O) groups excluding carboxylic acids is 2. The second-order valence-corrected chi connectivity index (χ2v) is 5.74. The van der Waals surface area contributed by atoms with Crippen molar-refractivity contribution in [3.63, 3.8) is 0 Å². The van der Waals surface area contributed by atoms with E-state index in [1.165, 1.54) is 0 Å². The molecule has 0 spiro atoms. The van der Waals surface area contributed by atoms with E-state index in [0.29, 0.717) is 0 Å². The Labute approximate surface area is 112 Å². The van der Waals surface area contributed by atoms with Gasteiger partial charge in [0.2, 0.25) is 0 Å². The maximum absolute atomic E-state index is 10.5. The first-order chi connectivity index (χ1) is 7.12. The quantitative estimate of drug-likeness (QED) is 0.329. The van der Waals surface area contributed by atoms with E-state index in [2.05, 4.69) is 44.6 Å². The molecule has 0 aliphatic rings. The molecule has 0 atom stereocenters. The van der Waals surface area contributed by atoms with Gasteiger partial charge in [0.05, 0.1) is 11.5 Å². The second kappa shape index (κ2) is 14.4. The van der Waals surface area contributed by atoms with Crippen molar-refractivity contribution in [3.8, 4) is 0 Å². The molecular formula is C8H16O4S2Sn. The van der Waals surface area contributed by atoms with Crippen LogP contribution in [0, 0.1) is 0 Å². The zero-order chi connectivity index (χ0) is 12.1. The number of carbonyl (C=O) groups is 2. The molecule has 4 nitrogen and oxygen atoms in total. The van der Waals surface area contributed by atoms with Crippen LogP contribution in [-0.2, 0) is 19.1 Å². The molecule has 0 rings (SSSR count). The van der Waals surface area contributed by atoms with E-state index in [9.17, 15) is 9.59 Å². The molecule has 0 aromatic carbocycles. The summed E-state index contributed by atoms with van der Waals surface area (Å²) < 4.78 is 9.14. The molecule has 0 bridgehead atoms. The molecule has 0 N–H and O–H groups in total. The number of hydrogen-bond donors (Lipinski definition) is 2. The van der Waals surface area contributed by atoms with E-state index in [4.69, 9.17) is 0 Å². The van der Waals surface area contributed by atoms with Gasteiger partial charge in [-0.3, -0.25) is 9.59 Å². The van der Waals surface area contributed by atoms with Crippen LogP contribution in [0.3, 0.4) is 0 Å². The van der Waals surface area contributed by atoms with Gasteiger partial charge in [-0.05, 0) is 0 Å². The molecule has 15 heavy (non-hydrogen) atoms. The Balaban J connectivity index is 0. The molecule has 0 aliphatic heterocycles. The number of rotatable bonds is 5. The van der Waals surface area contributed by atoms with E-state index in [1.54, 1.807) is 0 Å². The number of hydrogen-bond acceptors (Lipinski definition) is 6. The summed E-state index contributed by atoms with van der Waals surface area (Å²) in [4.78, 5) is 25.5. The maximum atomic E-state index is 10.5. The molecule has 0 unspecified atom stereocenters. The van der Waals surface area contributed by atoms with Crippen LogP contribution < -0.4 is 0 Å². The average molecular weight is 359 g/mol. The minimum atomic E-state index is -0.430. The zero-order valence-electron chi connectivity index (χ0n) is 8.86. The molecule has 0 heterocycles. The van der Waals surface area contributed by atoms with E-state index in [-0.39, 0.29) is 45.9 Å². The fourth-order valence-electron chi connectivity index (χ4n) is 0.402. The molecular weight excluding hydrogens is 343 g/mol. The van der Waals surface area contributed by atoms with Crippen molar-refractivity contribution in [1.29, 1.82) is 0 Å². The van der Waals surface area contributed by atoms with Gasteiger partial charge in [0, 0.05) is 0 Å². The van der Waals surface area contributed by atoms with Crippen molar-refractivity contribution in [3.05, 3.63) is 0 Å². The van der Waals surface area contributed by atoms with E-state index < -0.39 is 11.9 Å². The van der Waals surface area contributed by atoms with Crippen molar-refractivity contribution in [1.82, 2.24) is 0 Å². The standard InChI is InChI=1S/C6H10O4S2.2CH3.Sn/c7-5(3-11)9-1-2-10-6(8)4-12;;;/h11-12H,1-4H2;2*1H3;. The average Bonchev–Trinajstić information content (AvgIpc) is 2.24. The van der Waals surface area contributed by atoms with Crippen molar-refractivity contribution in [2.45, 2.75) is 9.88 Å². The SMILES string of the molecule is O=C(CS)OCCOC(=O)CS.[CH3][Sn][CH3]. The summed E-state index contributed by atoms with van der Waals surface area (Å²) in [7, 11) is 0. The van der Waals surface area contributed by atoms with Crippen molar-refractivity contribution >= 4 is 58.3 Å². The molecule has 2 radical (unpaired) electrons. The molecule has 0 amide bonds. The topological polar surface area (TPSA) is 52.6 Å². The Morgan fingerprint density at radius 2 is 1.27 bits per heavy atom.